The highest BCUT2D eigenvalue weighted by Gasteiger charge is 2.19. The SMILES string of the molecule is CCCCCCCCCCCCCCCCCCC(CCCCC)CCCC(CC(=O)O)N(CC)CC. The van der Waals surface area contributed by atoms with Crippen molar-refractivity contribution >= 4 is 5.97 Å². The van der Waals surface area contributed by atoms with Crippen LogP contribution in [0.4, 0.5) is 0 Å². The molecule has 222 valence electrons. The number of unbranched alkanes of at least 4 members (excludes halogenated alkanes) is 17. The van der Waals surface area contributed by atoms with Crippen molar-refractivity contribution in [2.45, 2.75) is 194 Å². The van der Waals surface area contributed by atoms with E-state index in [0.29, 0.717) is 6.42 Å². The summed E-state index contributed by atoms with van der Waals surface area (Å²) in [6.45, 7) is 10.8. The molecule has 0 heterocycles. The summed E-state index contributed by atoms with van der Waals surface area (Å²) in [5, 5.41) is 9.36. The summed E-state index contributed by atoms with van der Waals surface area (Å²) in [6.07, 6.45) is 33.5. The highest BCUT2D eigenvalue weighted by molar-refractivity contribution is 5.67. The Bertz CT molecular complexity index is 463. The maximum absolute atomic E-state index is 11.4. The summed E-state index contributed by atoms with van der Waals surface area (Å²) in [6, 6.07) is 0.208. The Morgan fingerprint density at radius 2 is 0.865 bits per heavy atom. The largest absolute Gasteiger partial charge is 0.481 e. The van der Waals surface area contributed by atoms with Crippen LogP contribution in [-0.2, 0) is 4.79 Å². The van der Waals surface area contributed by atoms with Crippen molar-refractivity contribution in [1.82, 2.24) is 4.90 Å². The van der Waals surface area contributed by atoms with Crippen LogP contribution in [0.25, 0.3) is 0 Å². The number of rotatable bonds is 30. The summed E-state index contributed by atoms with van der Waals surface area (Å²) in [5.41, 5.74) is 0. The number of hydrogen-bond donors (Lipinski definition) is 1. The molecule has 0 radical (unpaired) electrons. The second kappa shape index (κ2) is 28.4. The molecule has 0 bridgehead atoms. The van der Waals surface area contributed by atoms with Crippen LogP contribution in [-0.4, -0.2) is 35.1 Å². The third-order valence-corrected chi connectivity index (χ3v) is 8.57. The first-order valence-corrected chi connectivity index (χ1v) is 17.0. The highest BCUT2D eigenvalue weighted by Crippen LogP contribution is 2.25. The van der Waals surface area contributed by atoms with Gasteiger partial charge in [0.05, 0.1) is 6.42 Å². The van der Waals surface area contributed by atoms with Crippen LogP contribution in [0.1, 0.15) is 188 Å². The summed E-state index contributed by atoms with van der Waals surface area (Å²) >= 11 is 0. The number of hydrogen-bond acceptors (Lipinski definition) is 2. The molecule has 0 amide bonds. The van der Waals surface area contributed by atoms with Crippen molar-refractivity contribution in [1.29, 1.82) is 0 Å². The molecule has 0 aliphatic carbocycles. The van der Waals surface area contributed by atoms with E-state index in [-0.39, 0.29) is 6.04 Å². The van der Waals surface area contributed by atoms with Gasteiger partial charge < -0.3 is 10.0 Å². The predicted molar refractivity (Wildman–Crippen MR) is 165 cm³/mol. The molecular formula is C34H69NO2. The van der Waals surface area contributed by atoms with E-state index in [9.17, 15) is 9.90 Å². The van der Waals surface area contributed by atoms with Gasteiger partial charge >= 0.3 is 5.97 Å². The van der Waals surface area contributed by atoms with Gasteiger partial charge in [0.2, 0.25) is 0 Å². The summed E-state index contributed by atoms with van der Waals surface area (Å²) in [5.74, 6) is 0.199. The normalized spacial score (nSPS) is 13.3. The molecule has 0 fully saturated rings. The molecular weight excluding hydrogens is 454 g/mol. The Hall–Kier alpha value is -0.570. The number of carboxylic acid groups (broad SMARTS) is 1. The molecule has 2 atom stereocenters. The van der Waals surface area contributed by atoms with E-state index < -0.39 is 5.97 Å². The zero-order valence-electron chi connectivity index (χ0n) is 26.0. The Morgan fingerprint density at radius 3 is 1.27 bits per heavy atom. The van der Waals surface area contributed by atoms with Gasteiger partial charge in [-0.15, -0.1) is 0 Å². The monoisotopic (exact) mass is 524 g/mol. The van der Waals surface area contributed by atoms with Crippen molar-refractivity contribution in [3.63, 3.8) is 0 Å². The van der Waals surface area contributed by atoms with Crippen LogP contribution in [0.2, 0.25) is 0 Å². The molecule has 37 heavy (non-hydrogen) atoms. The number of carbonyl (C=O) groups is 1. The first-order chi connectivity index (χ1) is 18.1. The number of nitrogens with zero attached hydrogens (tertiary/aromatic N) is 1. The second-order valence-electron chi connectivity index (χ2n) is 11.9. The summed E-state index contributed by atoms with van der Waals surface area (Å²) in [4.78, 5) is 13.7. The highest BCUT2D eigenvalue weighted by atomic mass is 16.4. The lowest BCUT2D eigenvalue weighted by atomic mass is 9.89. The quantitative estimate of drug-likeness (QED) is 0.0951. The molecule has 0 aromatic carbocycles. The molecule has 3 heteroatoms. The zero-order chi connectivity index (χ0) is 27.4. The Morgan fingerprint density at radius 1 is 0.514 bits per heavy atom. The lowest BCUT2D eigenvalue weighted by molar-refractivity contribution is -0.138. The van der Waals surface area contributed by atoms with Crippen LogP contribution in [0.3, 0.4) is 0 Å². The average molecular weight is 524 g/mol. The van der Waals surface area contributed by atoms with Gasteiger partial charge in [-0.2, -0.15) is 0 Å². The van der Waals surface area contributed by atoms with E-state index in [4.69, 9.17) is 0 Å². The predicted octanol–water partition coefficient (Wildman–Crippen LogP) is 11.2. The van der Waals surface area contributed by atoms with Crippen molar-refractivity contribution < 1.29 is 9.90 Å². The maximum atomic E-state index is 11.4. The van der Waals surface area contributed by atoms with Gasteiger partial charge in [0, 0.05) is 6.04 Å². The van der Waals surface area contributed by atoms with E-state index in [2.05, 4.69) is 32.6 Å². The molecule has 0 aromatic heterocycles. The van der Waals surface area contributed by atoms with Gasteiger partial charge in [-0.3, -0.25) is 4.79 Å². The average Bonchev–Trinajstić information content (AvgIpc) is 2.88. The fraction of sp³-hybridized carbons (Fsp3) is 0.971. The summed E-state index contributed by atoms with van der Waals surface area (Å²) < 4.78 is 0. The van der Waals surface area contributed by atoms with Crippen molar-refractivity contribution in [2.24, 2.45) is 5.92 Å². The van der Waals surface area contributed by atoms with Gasteiger partial charge in [-0.25, -0.2) is 0 Å². The lowest BCUT2D eigenvalue weighted by Gasteiger charge is -2.29. The fourth-order valence-corrected chi connectivity index (χ4v) is 6.09. The van der Waals surface area contributed by atoms with Crippen LogP contribution in [0, 0.1) is 5.92 Å². The van der Waals surface area contributed by atoms with Crippen LogP contribution in [0.5, 0.6) is 0 Å². The topological polar surface area (TPSA) is 40.5 Å². The van der Waals surface area contributed by atoms with Gasteiger partial charge in [-0.05, 0) is 25.4 Å². The van der Waals surface area contributed by atoms with E-state index in [1.165, 1.54) is 148 Å². The van der Waals surface area contributed by atoms with E-state index in [0.717, 1.165) is 25.4 Å². The van der Waals surface area contributed by atoms with Crippen LogP contribution >= 0.6 is 0 Å². The molecule has 0 aliphatic rings. The van der Waals surface area contributed by atoms with Crippen LogP contribution in [0.15, 0.2) is 0 Å². The second-order valence-corrected chi connectivity index (χ2v) is 11.9. The molecule has 1 N–H and O–H groups in total. The van der Waals surface area contributed by atoms with Crippen molar-refractivity contribution in [3.05, 3.63) is 0 Å². The third kappa shape index (κ3) is 24.2. The minimum absolute atomic E-state index is 0.208. The molecule has 3 nitrogen and oxygen atoms in total. The Kier molecular flexibility index (Phi) is 28.0. The Balaban J connectivity index is 3.92. The minimum Gasteiger partial charge on any atom is -0.481 e. The molecule has 0 rings (SSSR count). The maximum Gasteiger partial charge on any atom is 0.304 e. The number of carboxylic acids is 1. The van der Waals surface area contributed by atoms with E-state index in [1.54, 1.807) is 0 Å². The Labute approximate surface area is 233 Å². The molecule has 0 saturated heterocycles. The lowest BCUT2D eigenvalue weighted by Crippen LogP contribution is -2.36. The molecule has 0 spiro atoms. The van der Waals surface area contributed by atoms with Gasteiger partial charge in [0.25, 0.3) is 0 Å². The van der Waals surface area contributed by atoms with Crippen LogP contribution < -0.4 is 0 Å². The summed E-state index contributed by atoms with van der Waals surface area (Å²) in [7, 11) is 0. The standard InChI is InChI=1S/C34H69NO2/c1-5-9-11-12-13-14-15-16-17-18-19-20-21-22-23-25-28-32(27-24-10-6-2)29-26-30-33(31-34(36)37)35(7-3)8-4/h32-33H,5-31H2,1-4H3,(H,36,37). The van der Waals surface area contributed by atoms with E-state index in [1.807, 2.05) is 0 Å². The number of aliphatic carboxylic acids is 1. The van der Waals surface area contributed by atoms with Crippen molar-refractivity contribution in [3.8, 4) is 0 Å². The molecule has 0 aromatic rings. The third-order valence-electron chi connectivity index (χ3n) is 8.57. The minimum atomic E-state index is -0.649. The molecule has 0 saturated carbocycles. The van der Waals surface area contributed by atoms with Crippen molar-refractivity contribution in [2.75, 3.05) is 13.1 Å². The smallest absolute Gasteiger partial charge is 0.304 e. The first kappa shape index (κ1) is 36.4. The van der Waals surface area contributed by atoms with Gasteiger partial charge in [0.1, 0.15) is 0 Å². The molecule has 2 unspecified atom stereocenters. The van der Waals surface area contributed by atoms with Gasteiger partial charge in [-0.1, -0.05) is 175 Å². The molecule has 0 aliphatic heterocycles. The zero-order valence-corrected chi connectivity index (χ0v) is 26.0. The van der Waals surface area contributed by atoms with E-state index >= 15 is 0 Å². The first-order valence-electron chi connectivity index (χ1n) is 17.0. The fourth-order valence-electron chi connectivity index (χ4n) is 6.09. The van der Waals surface area contributed by atoms with Gasteiger partial charge in [0.15, 0.2) is 0 Å².